The Balaban J connectivity index is 1.24. The molecule has 0 saturated heterocycles. The summed E-state index contributed by atoms with van der Waals surface area (Å²) in [5.41, 5.74) is 10.8. The minimum Gasteiger partial charge on any atom is -0.309 e. The standard InChI is InChI=1S/C59H38F3N5/c1-37-17-15-22-40(31-37)47-33-42(58-64-56(38-18-5-2-6-19-38)63-57(65-58)39-20-7-3-8-21-39)34-48(41-23-16-24-43(32-41)59(60,61)62)55(47)67-52-30-14-12-28-46(52)50-35-49-45-27-11-13-29-51(45)66(53(49)36-54(50)67)44-25-9-4-10-26-44/h2-36H,1H3. The molecule has 12 aromatic rings. The number of aromatic nitrogens is 5. The van der Waals surface area contributed by atoms with Gasteiger partial charge in [0.15, 0.2) is 17.5 Å². The summed E-state index contributed by atoms with van der Waals surface area (Å²) in [5.74, 6) is 1.34. The van der Waals surface area contributed by atoms with Crippen LogP contribution in [0.4, 0.5) is 13.2 Å². The summed E-state index contributed by atoms with van der Waals surface area (Å²) < 4.78 is 48.9. The van der Waals surface area contributed by atoms with Crippen molar-refractivity contribution < 1.29 is 13.2 Å². The molecule has 0 aliphatic heterocycles. The van der Waals surface area contributed by atoms with Crippen LogP contribution in [-0.2, 0) is 6.18 Å². The van der Waals surface area contributed by atoms with Crippen LogP contribution in [0.3, 0.4) is 0 Å². The molecule has 3 aromatic heterocycles. The topological polar surface area (TPSA) is 48.5 Å². The van der Waals surface area contributed by atoms with Crippen molar-refractivity contribution >= 4 is 43.6 Å². The fraction of sp³-hybridized carbons (Fsp3) is 0.0339. The van der Waals surface area contributed by atoms with E-state index in [0.717, 1.165) is 88.9 Å². The lowest BCUT2D eigenvalue weighted by atomic mass is 9.91. The molecule has 67 heavy (non-hydrogen) atoms. The Kier molecular flexibility index (Phi) is 9.43. The SMILES string of the molecule is Cc1cccc(-c2cc(-c3nc(-c4ccccc4)nc(-c4ccccc4)n3)cc(-c3cccc(C(F)(F)F)c3)c2-n2c3ccccc3c3cc4c5ccccc5n(-c5ccccc5)c4cc32)c1. The lowest BCUT2D eigenvalue weighted by Crippen LogP contribution is -2.06. The van der Waals surface area contributed by atoms with Crippen LogP contribution in [0.15, 0.2) is 212 Å². The van der Waals surface area contributed by atoms with E-state index in [1.165, 1.54) is 12.1 Å². The molecule has 12 rings (SSSR count). The van der Waals surface area contributed by atoms with Crippen molar-refractivity contribution in [2.24, 2.45) is 0 Å². The van der Waals surface area contributed by atoms with E-state index in [9.17, 15) is 13.2 Å². The first-order valence-electron chi connectivity index (χ1n) is 22.1. The lowest BCUT2D eigenvalue weighted by Gasteiger charge is -2.22. The number of rotatable bonds is 7. The van der Waals surface area contributed by atoms with Gasteiger partial charge in [-0.2, -0.15) is 13.2 Å². The van der Waals surface area contributed by atoms with Gasteiger partial charge in [0.25, 0.3) is 0 Å². The van der Waals surface area contributed by atoms with Crippen LogP contribution in [0.5, 0.6) is 0 Å². The highest BCUT2D eigenvalue weighted by Crippen LogP contribution is 2.46. The highest BCUT2D eigenvalue weighted by atomic mass is 19.4. The van der Waals surface area contributed by atoms with Gasteiger partial charge in [0.05, 0.1) is 33.3 Å². The molecule has 0 N–H and O–H groups in total. The molecule has 320 valence electrons. The molecule has 0 saturated carbocycles. The van der Waals surface area contributed by atoms with Gasteiger partial charge < -0.3 is 9.13 Å². The van der Waals surface area contributed by atoms with Crippen molar-refractivity contribution in [2.75, 3.05) is 0 Å². The summed E-state index contributed by atoms with van der Waals surface area (Å²) in [7, 11) is 0. The normalized spacial score (nSPS) is 11.9. The smallest absolute Gasteiger partial charge is 0.309 e. The van der Waals surface area contributed by atoms with Crippen molar-refractivity contribution in [3.63, 3.8) is 0 Å². The van der Waals surface area contributed by atoms with E-state index in [1.54, 1.807) is 6.07 Å². The zero-order valence-corrected chi connectivity index (χ0v) is 36.1. The molecule has 8 heteroatoms. The van der Waals surface area contributed by atoms with E-state index in [-0.39, 0.29) is 0 Å². The number of hydrogen-bond donors (Lipinski definition) is 0. The van der Waals surface area contributed by atoms with Gasteiger partial charge in [-0.1, -0.05) is 157 Å². The maximum Gasteiger partial charge on any atom is 0.416 e. The average Bonchev–Trinajstić information content (AvgIpc) is 3.87. The number of benzene rings is 9. The van der Waals surface area contributed by atoms with Crippen LogP contribution in [-0.4, -0.2) is 24.1 Å². The fourth-order valence-corrected chi connectivity index (χ4v) is 9.59. The van der Waals surface area contributed by atoms with E-state index in [2.05, 4.69) is 88.0 Å². The highest BCUT2D eigenvalue weighted by Gasteiger charge is 2.31. The molecule has 0 spiro atoms. The number of aryl methyl sites for hydroxylation is 1. The van der Waals surface area contributed by atoms with Crippen LogP contribution in [0.25, 0.3) is 111 Å². The zero-order valence-electron chi connectivity index (χ0n) is 36.1. The van der Waals surface area contributed by atoms with Crippen molar-refractivity contribution in [1.82, 2.24) is 24.1 Å². The Hall–Kier alpha value is -8.62. The van der Waals surface area contributed by atoms with E-state index in [0.29, 0.717) is 34.2 Å². The minimum atomic E-state index is -4.58. The first-order chi connectivity index (χ1) is 32.8. The number of para-hydroxylation sites is 3. The van der Waals surface area contributed by atoms with Gasteiger partial charge in [0, 0.05) is 55.0 Å². The first-order valence-corrected chi connectivity index (χ1v) is 22.1. The van der Waals surface area contributed by atoms with Gasteiger partial charge in [0.2, 0.25) is 0 Å². The van der Waals surface area contributed by atoms with E-state index >= 15 is 0 Å². The summed E-state index contributed by atoms with van der Waals surface area (Å²) >= 11 is 0. The van der Waals surface area contributed by atoms with Crippen molar-refractivity contribution in [2.45, 2.75) is 13.1 Å². The summed E-state index contributed by atoms with van der Waals surface area (Å²) in [4.78, 5) is 15.2. The average molecular weight is 874 g/mol. The van der Waals surface area contributed by atoms with Crippen LogP contribution in [0, 0.1) is 6.92 Å². The molecule has 0 aliphatic carbocycles. The van der Waals surface area contributed by atoms with Crippen LogP contribution in [0.1, 0.15) is 11.1 Å². The molecule has 5 nitrogen and oxygen atoms in total. The van der Waals surface area contributed by atoms with Gasteiger partial charge in [-0.3, -0.25) is 0 Å². The van der Waals surface area contributed by atoms with Gasteiger partial charge in [-0.25, -0.2) is 15.0 Å². The third kappa shape index (κ3) is 6.93. The summed E-state index contributed by atoms with van der Waals surface area (Å²) in [6, 6.07) is 68.9. The molecule has 0 amide bonds. The predicted octanol–water partition coefficient (Wildman–Crippen LogP) is 15.7. The van der Waals surface area contributed by atoms with Crippen LogP contribution < -0.4 is 0 Å². The van der Waals surface area contributed by atoms with Gasteiger partial charge in [0.1, 0.15) is 0 Å². The van der Waals surface area contributed by atoms with Gasteiger partial charge in [-0.05, 0) is 78.7 Å². The van der Waals surface area contributed by atoms with Gasteiger partial charge >= 0.3 is 6.18 Å². The molecule has 0 aliphatic rings. The van der Waals surface area contributed by atoms with Crippen LogP contribution >= 0.6 is 0 Å². The third-order valence-corrected chi connectivity index (χ3v) is 12.6. The Morgan fingerprint density at radius 3 is 1.39 bits per heavy atom. The van der Waals surface area contributed by atoms with Crippen molar-refractivity contribution in [1.29, 1.82) is 0 Å². The lowest BCUT2D eigenvalue weighted by molar-refractivity contribution is -0.137. The summed E-state index contributed by atoms with van der Waals surface area (Å²) in [6.45, 7) is 2.05. The third-order valence-electron chi connectivity index (χ3n) is 12.6. The molecule has 0 fully saturated rings. The highest BCUT2D eigenvalue weighted by molar-refractivity contribution is 6.19. The largest absolute Gasteiger partial charge is 0.416 e. The maximum atomic E-state index is 14.8. The minimum absolute atomic E-state index is 0.387. The molecule has 3 heterocycles. The van der Waals surface area contributed by atoms with E-state index in [1.807, 2.05) is 116 Å². The molecule has 0 unspecified atom stereocenters. The fourth-order valence-electron chi connectivity index (χ4n) is 9.59. The number of hydrogen-bond acceptors (Lipinski definition) is 3. The number of fused-ring (bicyclic) bond motifs is 6. The Bertz CT molecular complexity index is 3800. The van der Waals surface area contributed by atoms with Gasteiger partial charge in [-0.15, -0.1) is 0 Å². The monoisotopic (exact) mass is 873 g/mol. The zero-order chi connectivity index (χ0) is 45.2. The second kappa shape index (κ2) is 15.8. The Morgan fingerprint density at radius 1 is 0.358 bits per heavy atom. The maximum absolute atomic E-state index is 14.8. The quantitative estimate of drug-likeness (QED) is 0.160. The molecular weight excluding hydrogens is 836 g/mol. The summed E-state index contributed by atoms with van der Waals surface area (Å²) in [5, 5.41) is 4.26. The number of nitrogens with zero attached hydrogens (tertiary/aromatic N) is 5. The molecule has 0 atom stereocenters. The molecule has 0 radical (unpaired) electrons. The predicted molar refractivity (Wildman–Crippen MR) is 265 cm³/mol. The van der Waals surface area contributed by atoms with E-state index < -0.39 is 11.7 Å². The molecular formula is C59H38F3N5. The van der Waals surface area contributed by atoms with Crippen LogP contribution in [0.2, 0.25) is 0 Å². The summed E-state index contributed by atoms with van der Waals surface area (Å²) in [6.07, 6.45) is -4.58. The van der Waals surface area contributed by atoms with Crippen molar-refractivity contribution in [3.8, 4) is 67.8 Å². The second-order valence-electron chi connectivity index (χ2n) is 16.8. The second-order valence-corrected chi connectivity index (χ2v) is 16.8. The number of halogens is 3. The first kappa shape index (κ1) is 39.9. The van der Waals surface area contributed by atoms with Crippen molar-refractivity contribution in [3.05, 3.63) is 223 Å². The Labute approximate surface area is 383 Å². The van der Waals surface area contributed by atoms with E-state index in [4.69, 9.17) is 15.0 Å². The molecule has 0 bridgehead atoms. The molecule has 9 aromatic carbocycles. The number of alkyl halides is 3. The Morgan fingerprint density at radius 2 is 0.821 bits per heavy atom.